The molecule has 1 aromatic carbocycles. The summed E-state index contributed by atoms with van der Waals surface area (Å²) >= 11 is 1.36. The van der Waals surface area contributed by atoms with Crippen molar-refractivity contribution in [2.45, 2.75) is 23.6 Å². The van der Waals surface area contributed by atoms with Gasteiger partial charge < -0.3 is 0 Å². The van der Waals surface area contributed by atoms with E-state index in [1.165, 1.54) is 11.3 Å². The molecular weight excluding hydrogens is 307 g/mol. The van der Waals surface area contributed by atoms with E-state index in [-0.39, 0.29) is 12.8 Å². The number of nitrogens with zero attached hydrogens (tertiary/aromatic N) is 1. The summed E-state index contributed by atoms with van der Waals surface area (Å²) in [4.78, 5) is 4.27. The van der Waals surface area contributed by atoms with Crippen LogP contribution in [0.5, 0.6) is 0 Å². The summed E-state index contributed by atoms with van der Waals surface area (Å²) in [5.41, 5.74) is 0.800. The SMILES string of the molecule is O=S(CCCCC(F)=C(F)F)c1nc2ccccc2s1. The average Bonchev–Trinajstić information content (AvgIpc) is 2.86. The molecule has 0 fully saturated rings. The number of hydrogen-bond donors (Lipinski definition) is 0. The molecule has 0 saturated carbocycles. The van der Waals surface area contributed by atoms with Gasteiger partial charge in [-0.1, -0.05) is 12.1 Å². The highest BCUT2D eigenvalue weighted by molar-refractivity contribution is 7.87. The molecule has 20 heavy (non-hydrogen) atoms. The van der Waals surface area contributed by atoms with Crippen molar-refractivity contribution in [2.75, 3.05) is 5.75 Å². The molecule has 108 valence electrons. The molecular formula is C13H12F3NOS2. The molecule has 1 heterocycles. The van der Waals surface area contributed by atoms with Crippen LogP contribution in [0.4, 0.5) is 13.2 Å². The molecule has 1 aromatic heterocycles. The number of benzene rings is 1. The van der Waals surface area contributed by atoms with Crippen LogP contribution in [0, 0.1) is 0 Å². The summed E-state index contributed by atoms with van der Waals surface area (Å²) in [6.45, 7) is 0. The number of unbranched alkanes of at least 4 members (excludes halogenated alkanes) is 1. The molecule has 0 saturated heterocycles. The van der Waals surface area contributed by atoms with Gasteiger partial charge in [-0.25, -0.2) is 9.37 Å². The van der Waals surface area contributed by atoms with Gasteiger partial charge in [-0.15, -0.1) is 11.3 Å². The number of rotatable bonds is 6. The Labute approximate surface area is 120 Å². The Morgan fingerprint density at radius 2 is 1.95 bits per heavy atom. The lowest BCUT2D eigenvalue weighted by molar-refractivity contribution is 0.368. The van der Waals surface area contributed by atoms with Crippen LogP contribution in [0.2, 0.25) is 0 Å². The second kappa shape index (κ2) is 6.99. The van der Waals surface area contributed by atoms with Crippen LogP contribution in [0.25, 0.3) is 10.2 Å². The third kappa shape index (κ3) is 3.89. The zero-order valence-electron chi connectivity index (χ0n) is 10.4. The van der Waals surface area contributed by atoms with Crippen molar-refractivity contribution in [3.63, 3.8) is 0 Å². The van der Waals surface area contributed by atoms with E-state index in [0.717, 1.165) is 10.2 Å². The quantitative estimate of drug-likeness (QED) is 0.725. The lowest BCUT2D eigenvalue weighted by Crippen LogP contribution is -1.97. The molecule has 0 aliphatic heterocycles. The van der Waals surface area contributed by atoms with Gasteiger partial charge in [0.15, 0.2) is 10.2 Å². The molecule has 0 N–H and O–H groups in total. The standard InChI is InChI=1S/C13H12F3NOS2/c14-9(12(15)16)5-3-4-8-20(18)13-17-10-6-1-2-7-11(10)19-13/h1-2,6-7H,3-5,8H2. The highest BCUT2D eigenvalue weighted by Crippen LogP contribution is 2.24. The molecule has 0 aliphatic rings. The van der Waals surface area contributed by atoms with Crippen molar-refractivity contribution < 1.29 is 17.4 Å². The van der Waals surface area contributed by atoms with Gasteiger partial charge in [0.05, 0.1) is 21.0 Å². The number of hydrogen-bond acceptors (Lipinski definition) is 3. The highest BCUT2D eigenvalue weighted by atomic mass is 32.2. The first-order chi connectivity index (χ1) is 9.58. The van der Waals surface area contributed by atoms with E-state index >= 15 is 0 Å². The highest BCUT2D eigenvalue weighted by Gasteiger charge is 2.11. The van der Waals surface area contributed by atoms with Gasteiger partial charge in [-0.2, -0.15) is 8.78 Å². The molecule has 2 nitrogen and oxygen atoms in total. The molecule has 0 spiro atoms. The summed E-state index contributed by atoms with van der Waals surface area (Å²) in [6, 6.07) is 7.48. The molecule has 1 unspecified atom stereocenters. The Morgan fingerprint density at radius 3 is 2.65 bits per heavy atom. The van der Waals surface area contributed by atoms with E-state index in [4.69, 9.17) is 0 Å². The van der Waals surface area contributed by atoms with E-state index in [2.05, 4.69) is 4.98 Å². The fraction of sp³-hybridized carbons (Fsp3) is 0.308. The van der Waals surface area contributed by atoms with Gasteiger partial charge in [0.25, 0.3) is 0 Å². The van der Waals surface area contributed by atoms with Crippen LogP contribution in [-0.4, -0.2) is 14.9 Å². The first kappa shape index (κ1) is 15.2. The van der Waals surface area contributed by atoms with Crippen LogP contribution < -0.4 is 0 Å². The van der Waals surface area contributed by atoms with Crippen molar-refractivity contribution >= 4 is 32.4 Å². The maximum atomic E-state index is 12.6. The van der Waals surface area contributed by atoms with Crippen LogP contribution in [0.3, 0.4) is 0 Å². The number of thiazole rings is 1. The maximum Gasteiger partial charge on any atom is 0.301 e. The number of para-hydroxylation sites is 1. The maximum absolute atomic E-state index is 12.6. The van der Waals surface area contributed by atoms with Gasteiger partial charge in [0.1, 0.15) is 0 Å². The minimum atomic E-state index is -2.27. The molecule has 0 amide bonds. The molecule has 2 aromatic rings. The predicted octanol–water partition coefficient (Wildman–Crippen LogP) is 4.65. The molecule has 0 aliphatic carbocycles. The summed E-state index contributed by atoms with van der Waals surface area (Å²) in [5, 5.41) is 0. The van der Waals surface area contributed by atoms with E-state index in [9.17, 15) is 17.4 Å². The summed E-state index contributed by atoms with van der Waals surface area (Å²) in [6.07, 6.45) is -1.90. The van der Waals surface area contributed by atoms with Gasteiger partial charge in [0, 0.05) is 12.2 Å². The number of aromatic nitrogens is 1. The zero-order valence-corrected chi connectivity index (χ0v) is 12.1. The first-order valence-electron chi connectivity index (χ1n) is 6.01. The first-order valence-corrected chi connectivity index (χ1v) is 8.15. The summed E-state index contributed by atoms with van der Waals surface area (Å²) < 4.78 is 49.7. The fourth-order valence-corrected chi connectivity index (χ4v) is 4.07. The van der Waals surface area contributed by atoms with E-state index in [1.807, 2.05) is 24.3 Å². The normalized spacial score (nSPS) is 12.6. The van der Waals surface area contributed by atoms with E-state index < -0.39 is 22.7 Å². The van der Waals surface area contributed by atoms with Crippen molar-refractivity contribution in [1.82, 2.24) is 4.98 Å². The third-order valence-corrected chi connectivity index (χ3v) is 5.43. The minimum Gasteiger partial charge on any atom is -0.252 e. The van der Waals surface area contributed by atoms with Crippen LogP contribution in [0.1, 0.15) is 19.3 Å². The van der Waals surface area contributed by atoms with Gasteiger partial charge in [0.2, 0.25) is 0 Å². The second-order valence-corrected chi connectivity index (χ2v) is 6.89. The Hall–Kier alpha value is -1.21. The van der Waals surface area contributed by atoms with Gasteiger partial charge in [-0.05, 0) is 25.0 Å². The van der Waals surface area contributed by atoms with Crippen molar-refractivity contribution in [1.29, 1.82) is 0 Å². The average molecular weight is 319 g/mol. The lowest BCUT2D eigenvalue weighted by Gasteiger charge is -1.98. The Bertz CT molecular complexity index is 617. The van der Waals surface area contributed by atoms with Gasteiger partial charge >= 0.3 is 6.08 Å². The van der Waals surface area contributed by atoms with Crippen LogP contribution in [0.15, 0.2) is 40.5 Å². The smallest absolute Gasteiger partial charge is 0.252 e. The topological polar surface area (TPSA) is 30.0 Å². The van der Waals surface area contributed by atoms with Crippen LogP contribution >= 0.6 is 11.3 Å². The monoisotopic (exact) mass is 319 g/mol. The van der Waals surface area contributed by atoms with Crippen LogP contribution in [-0.2, 0) is 10.8 Å². The molecule has 7 heteroatoms. The van der Waals surface area contributed by atoms with Crippen molar-refractivity contribution in [2.24, 2.45) is 0 Å². The predicted molar refractivity (Wildman–Crippen MR) is 75.1 cm³/mol. The lowest BCUT2D eigenvalue weighted by atomic mass is 10.2. The number of fused-ring (bicyclic) bond motifs is 1. The summed E-state index contributed by atoms with van der Waals surface area (Å²) in [5.74, 6) is -1.07. The Kier molecular flexibility index (Phi) is 5.31. The second-order valence-electron chi connectivity index (χ2n) is 4.12. The Balaban J connectivity index is 1.87. The third-order valence-electron chi connectivity index (χ3n) is 2.65. The van der Waals surface area contributed by atoms with Crippen molar-refractivity contribution in [3.8, 4) is 0 Å². The van der Waals surface area contributed by atoms with Gasteiger partial charge in [-0.3, -0.25) is 4.21 Å². The molecule has 0 radical (unpaired) electrons. The zero-order chi connectivity index (χ0) is 14.5. The summed E-state index contributed by atoms with van der Waals surface area (Å²) in [7, 11) is -1.26. The minimum absolute atomic E-state index is 0.250. The number of allylic oxidation sites excluding steroid dienone is 1. The molecule has 0 bridgehead atoms. The van der Waals surface area contributed by atoms with E-state index in [0.29, 0.717) is 16.5 Å². The molecule has 1 atom stereocenters. The number of halogens is 3. The Morgan fingerprint density at radius 1 is 1.20 bits per heavy atom. The fourth-order valence-electron chi connectivity index (χ4n) is 1.64. The largest absolute Gasteiger partial charge is 0.301 e. The molecule has 2 rings (SSSR count). The van der Waals surface area contributed by atoms with Crippen molar-refractivity contribution in [3.05, 3.63) is 36.2 Å². The van der Waals surface area contributed by atoms with E-state index in [1.54, 1.807) is 0 Å².